The van der Waals surface area contributed by atoms with Crippen molar-refractivity contribution >= 4 is 18.3 Å². The Labute approximate surface area is 180 Å². The molecule has 2 heterocycles. The summed E-state index contributed by atoms with van der Waals surface area (Å²) in [5, 5.41) is 0. The van der Waals surface area contributed by atoms with Gasteiger partial charge in [0.05, 0.1) is 17.5 Å². The van der Waals surface area contributed by atoms with Crippen LogP contribution >= 0.6 is 0 Å². The molecule has 1 N–H and O–H groups in total. The predicted octanol–water partition coefficient (Wildman–Crippen LogP) is 3.61. The first-order valence-electron chi connectivity index (χ1n) is 10.1. The lowest BCUT2D eigenvalue weighted by atomic mass is 9.79. The quantitative estimate of drug-likeness (QED) is 0.615. The molecule has 3 rings (SSSR count). The van der Waals surface area contributed by atoms with Gasteiger partial charge in [-0.05, 0) is 82.4 Å². The number of hydrogen-bond acceptors (Lipinski definition) is 4. The zero-order valence-corrected chi connectivity index (χ0v) is 18.9. The van der Waals surface area contributed by atoms with Gasteiger partial charge in [0, 0.05) is 31.0 Å². The maximum atomic E-state index is 6.21. The molecular weight excluding hydrogens is 373 g/mol. The molecule has 6 heteroatoms. The zero-order valence-electron chi connectivity index (χ0n) is 18.9. The van der Waals surface area contributed by atoms with Crippen molar-refractivity contribution in [3.8, 4) is 11.8 Å². The summed E-state index contributed by atoms with van der Waals surface area (Å²) in [6.07, 6.45) is 1.66. The van der Waals surface area contributed by atoms with E-state index < -0.39 is 18.3 Å². The summed E-state index contributed by atoms with van der Waals surface area (Å²) in [6.45, 7) is 10.2. The second-order valence-electron chi connectivity index (χ2n) is 8.73. The third-order valence-corrected chi connectivity index (χ3v) is 5.56. The van der Waals surface area contributed by atoms with Gasteiger partial charge in [-0.15, -0.1) is 0 Å². The molecule has 0 atom stereocenters. The molecular formula is C24H30BN3O2. The number of nitrogens with zero attached hydrogens (tertiary/aromatic N) is 2. The summed E-state index contributed by atoms with van der Waals surface area (Å²) < 4.78 is 12.4. The van der Waals surface area contributed by atoms with E-state index >= 15 is 0 Å². The highest BCUT2D eigenvalue weighted by atomic mass is 16.7. The first-order chi connectivity index (χ1) is 14.1. The lowest BCUT2D eigenvalue weighted by molar-refractivity contribution is 0.00578. The molecule has 0 saturated carbocycles. The highest BCUT2D eigenvalue weighted by Gasteiger charge is 2.51. The molecule has 0 unspecified atom stereocenters. The van der Waals surface area contributed by atoms with Crippen LogP contribution in [-0.4, -0.2) is 42.4 Å². The number of anilines is 1. The Morgan fingerprint density at radius 2 is 1.57 bits per heavy atom. The Hall–Kier alpha value is -2.75. The predicted molar refractivity (Wildman–Crippen MR) is 123 cm³/mol. The van der Waals surface area contributed by atoms with E-state index in [0.29, 0.717) is 5.69 Å². The van der Waals surface area contributed by atoms with Crippen LogP contribution < -0.4 is 10.4 Å². The third-order valence-electron chi connectivity index (χ3n) is 5.56. The van der Waals surface area contributed by atoms with Crippen molar-refractivity contribution in [2.75, 3.05) is 19.0 Å². The van der Waals surface area contributed by atoms with E-state index in [1.165, 1.54) is 0 Å². The fraction of sp³-hybridized carbons (Fsp3) is 0.375. The van der Waals surface area contributed by atoms with Gasteiger partial charge in [-0.1, -0.05) is 12.0 Å². The van der Waals surface area contributed by atoms with Crippen LogP contribution in [0.4, 0.5) is 5.69 Å². The molecule has 0 radical (unpaired) electrons. The first kappa shape index (κ1) is 22.0. The van der Waals surface area contributed by atoms with Gasteiger partial charge in [0.2, 0.25) is 0 Å². The van der Waals surface area contributed by atoms with Gasteiger partial charge in [0.1, 0.15) is 5.69 Å². The molecule has 156 valence electrons. The Morgan fingerprint density at radius 1 is 0.933 bits per heavy atom. The molecule has 0 spiro atoms. The van der Waals surface area contributed by atoms with Gasteiger partial charge in [0.15, 0.2) is 0 Å². The monoisotopic (exact) mass is 403 g/mol. The minimum absolute atomic E-state index is 0.395. The van der Waals surface area contributed by atoms with Crippen LogP contribution in [0, 0.1) is 18.8 Å². The zero-order chi connectivity index (χ0) is 21.9. The average Bonchev–Trinajstić information content (AvgIpc) is 2.94. The van der Waals surface area contributed by atoms with Crippen molar-refractivity contribution in [3.63, 3.8) is 0 Å². The van der Waals surface area contributed by atoms with Crippen LogP contribution in [0.2, 0.25) is 0 Å². The molecule has 1 aromatic carbocycles. The van der Waals surface area contributed by atoms with Gasteiger partial charge in [-0.2, -0.15) is 0 Å². The van der Waals surface area contributed by atoms with E-state index in [-0.39, 0.29) is 0 Å². The highest BCUT2D eigenvalue weighted by molar-refractivity contribution is 6.62. The number of nitrogens with one attached hydrogen (secondary N) is 1. The summed E-state index contributed by atoms with van der Waals surface area (Å²) in [4.78, 5) is 9.68. The molecule has 0 bridgehead atoms. The third kappa shape index (κ3) is 5.05. The van der Waals surface area contributed by atoms with Crippen molar-refractivity contribution in [2.24, 2.45) is 0 Å². The van der Waals surface area contributed by atoms with Gasteiger partial charge in [-0.3, -0.25) is 0 Å². The fourth-order valence-electron chi connectivity index (χ4n) is 2.94. The molecule has 1 fully saturated rings. The summed E-state index contributed by atoms with van der Waals surface area (Å²) in [5.41, 5.74) is 3.80. The van der Waals surface area contributed by atoms with Crippen LogP contribution in [0.3, 0.4) is 0 Å². The van der Waals surface area contributed by atoms with Crippen molar-refractivity contribution in [3.05, 3.63) is 65.7 Å². The average molecular weight is 403 g/mol. The van der Waals surface area contributed by atoms with E-state index in [1.54, 1.807) is 6.33 Å². The topological polar surface area (TPSA) is 50.4 Å². The standard InChI is InChI=1S/C24H30BN3O2/c1-18-16-20(25-29-23(2,3)24(4,5)30-25)11-13-21(27-17-26-18)12-8-19-9-14-22(15-10-19)28(6)7/h9-11,13-17H,1-7H3,(H,26,27). The van der Waals surface area contributed by atoms with Crippen LogP contribution in [0.25, 0.3) is 0 Å². The van der Waals surface area contributed by atoms with Crippen LogP contribution in [0.5, 0.6) is 0 Å². The number of rotatable bonds is 2. The summed E-state index contributed by atoms with van der Waals surface area (Å²) >= 11 is 0. The Morgan fingerprint density at radius 3 is 2.17 bits per heavy atom. The lowest BCUT2D eigenvalue weighted by Crippen LogP contribution is -2.41. The summed E-state index contributed by atoms with van der Waals surface area (Å²) in [5.74, 6) is 6.33. The van der Waals surface area contributed by atoms with Crippen molar-refractivity contribution in [2.45, 2.75) is 45.8 Å². The van der Waals surface area contributed by atoms with Crippen molar-refractivity contribution < 1.29 is 9.31 Å². The SMILES string of the molecule is Cc1cc(B2OC(C)(C)C(C)(C)O2)ccc(C#Cc2ccc(N(C)C)cc2)nc[nH]1. The van der Waals surface area contributed by atoms with Gasteiger partial charge in [0.25, 0.3) is 0 Å². The second-order valence-corrected chi connectivity index (χ2v) is 8.73. The van der Waals surface area contributed by atoms with E-state index in [4.69, 9.17) is 9.31 Å². The van der Waals surface area contributed by atoms with Crippen molar-refractivity contribution in [1.82, 2.24) is 9.97 Å². The van der Waals surface area contributed by atoms with E-state index in [2.05, 4.69) is 66.5 Å². The molecule has 1 aliphatic rings. The van der Waals surface area contributed by atoms with Gasteiger partial charge >= 0.3 is 7.12 Å². The number of hydrogen-bond donors (Lipinski definition) is 1. The van der Waals surface area contributed by atoms with E-state index in [1.807, 2.05) is 51.4 Å². The van der Waals surface area contributed by atoms with E-state index in [9.17, 15) is 0 Å². The normalized spacial score (nSPS) is 16.4. The minimum atomic E-state index is -0.450. The molecule has 30 heavy (non-hydrogen) atoms. The number of H-pyrrole nitrogens is 1. The summed E-state index contributed by atoms with van der Waals surface area (Å²) in [6, 6.07) is 14.0. The van der Waals surface area contributed by atoms with Crippen LogP contribution in [-0.2, 0) is 9.31 Å². The molecule has 2 aromatic rings. The maximum Gasteiger partial charge on any atom is 0.494 e. The van der Waals surface area contributed by atoms with Crippen molar-refractivity contribution in [1.29, 1.82) is 0 Å². The molecule has 1 aliphatic heterocycles. The molecule has 5 nitrogen and oxygen atoms in total. The van der Waals surface area contributed by atoms with Crippen LogP contribution in [0.15, 0.2) is 48.8 Å². The Kier molecular flexibility index (Phi) is 6.26. The summed E-state index contributed by atoms with van der Waals surface area (Å²) in [7, 11) is 3.59. The molecule has 1 aromatic heterocycles. The van der Waals surface area contributed by atoms with Gasteiger partial charge < -0.3 is 19.2 Å². The smallest absolute Gasteiger partial charge is 0.399 e. The number of aryl methyl sites for hydroxylation is 1. The van der Waals surface area contributed by atoms with Gasteiger partial charge in [-0.25, -0.2) is 4.98 Å². The second kappa shape index (κ2) is 8.55. The maximum absolute atomic E-state index is 6.21. The van der Waals surface area contributed by atoms with E-state index in [0.717, 1.165) is 22.4 Å². The molecule has 0 aliphatic carbocycles. The first-order valence-corrected chi connectivity index (χ1v) is 10.1. The fourth-order valence-corrected chi connectivity index (χ4v) is 2.94. The number of aromatic amines is 1. The number of aromatic nitrogens is 2. The Balaban J connectivity index is 1.93. The molecule has 1 saturated heterocycles. The number of benzene rings is 1. The van der Waals surface area contributed by atoms with Crippen LogP contribution in [0.1, 0.15) is 44.6 Å². The highest BCUT2D eigenvalue weighted by Crippen LogP contribution is 2.36. The molecule has 0 amide bonds. The largest absolute Gasteiger partial charge is 0.494 e. The lowest BCUT2D eigenvalue weighted by Gasteiger charge is -2.32. The Bertz CT molecular complexity index is 997. The minimum Gasteiger partial charge on any atom is -0.399 e.